The number of ether oxygens (including phenoxy) is 2. The zero-order valence-corrected chi connectivity index (χ0v) is 18.4. The number of benzene rings is 1. The third kappa shape index (κ3) is 4.34. The molecule has 0 aliphatic carbocycles. The average Bonchev–Trinajstić information content (AvgIpc) is 3.22. The second-order valence-corrected chi connectivity index (χ2v) is 8.01. The highest BCUT2D eigenvalue weighted by molar-refractivity contribution is 6.34. The maximum Gasteiger partial charge on any atom is 0.343 e. The maximum atomic E-state index is 12.8. The Bertz CT molecular complexity index is 1180. The van der Waals surface area contributed by atoms with Gasteiger partial charge in [-0.3, -0.25) is 4.79 Å². The fourth-order valence-corrected chi connectivity index (χ4v) is 4.24. The van der Waals surface area contributed by atoms with Gasteiger partial charge in [0.15, 0.2) is 0 Å². The maximum absolute atomic E-state index is 12.8. The van der Waals surface area contributed by atoms with E-state index in [0.717, 1.165) is 25.1 Å². The molecule has 1 fully saturated rings. The van der Waals surface area contributed by atoms with Gasteiger partial charge >= 0.3 is 5.97 Å². The van der Waals surface area contributed by atoms with E-state index >= 15 is 0 Å². The number of H-pyrrole nitrogens is 1. The third-order valence-corrected chi connectivity index (χ3v) is 5.86. The number of carbonyl (C=O) groups is 1. The molecule has 4 rings (SSSR count). The van der Waals surface area contributed by atoms with E-state index in [4.69, 9.17) is 32.7 Å². The smallest absolute Gasteiger partial charge is 0.343 e. The van der Waals surface area contributed by atoms with Crippen LogP contribution >= 0.6 is 23.2 Å². The van der Waals surface area contributed by atoms with E-state index in [1.165, 1.54) is 6.20 Å². The molecule has 9 heteroatoms. The highest BCUT2D eigenvalue weighted by Crippen LogP contribution is 2.34. The number of aromatic nitrogens is 2. The standard InChI is InChI=1S/C22H21Cl2N3O4/c1-2-30-22(29)15-11-26-18-10-19(17(24)9-14(18)20(15)28)27-8-4-5-13(27)12-31-21-16(23)6-3-7-25-21/h3,6-7,9-11,13H,2,4-5,8,12H2,1H3,(H,26,28)/t13-/m1/s1. The predicted molar refractivity (Wildman–Crippen MR) is 121 cm³/mol. The van der Waals surface area contributed by atoms with Gasteiger partial charge in [-0.25, -0.2) is 9.78 Å². The number of esters is 1. The molecule has 0 spiro atoms. The first-order valence-corrected chi connectivity index (χ1v) is 10.8. The molecule has 1 aromatic carbocycles. The molecule has 3 aromatic rings. The number of hydrogen-bond acceptors (Lipinski definition) is 6. The summed E-state index contributed by atoms with van der Waals surface area (Å²) in [6, 6.07) is 7.00. The van der Waals surface area contributed by atoms with Crippen LogP contribution in [0.3, 0.4) is 0 Å². The van der Waals surface area contributed by atoms with E-state index in [-0.39, 0.29) is 18.2 Å². The number of aromatic amines is 1. The Kier molecular flexibility index (Phi) is 6.34. The monoisotopic (exact) mass is 461 g/mol. The second kappa shape index (κ2) is 9.16. The van der Waals surface area contributed by atoms with Crippen LogP contribution in [0.5, 0.6) is 5.88 Å². The van der Waals surface area contributed by atoms with Crippen LogP contribution in [0.15, 0.2) is 41.5 Å². The number of hydrogen-bond donors (Lipinski definition) is 1. The summed E-state index contributed by atoms with van der Waals surface area (Å²) in [5, 5.41) is 1.24. The minimum atomic E-state index is -0.657. The fourth-order valence-electron chi connectivity index (χ4n) is 3.79. The number of pyridine rings is 2. The average molecular weight is 462 g/mol. The van der Waals surface area contributed by atoms with Crippen LogP contribution in [0.25, 0.3) is 10.9 Å². The lowest BCUT2D eigenvalue weighted by atomic mass is 10.1. The Hall–Kier alpha value is -2.77. The van der Waals surface area contributed by atoms with E-state index < -0.39 is 11.4 Å². The number of carbonyl (C=O) groups excluding carboxylic acids is 1. The highest BCUT2D eigenvalue weighted by Gasteiger charge is 2.28. The van der Waals surface area contributed by atoms with Gasteiger partial charge in [-0.1, -0.05) is 23.2 Å². The molecule has 1 N–H and O–H groups in total. The van der Waals surface area contributed by atoms with Crippen LogP contribution in [0, 0.1) is 0 Å². The van der Waals surface area contributed by atoms with Crippen LogP contribution in [-0.4, -0.2) is 41.7 Å². The summed E-state index contributed by atoms with van der Waals surface area (Å²) in [4.78, 5) is 34.1. The first kappa shape index (κ1) is 21.5. The topological polar surface area (TPSA) is 84.5 Å². The van der Waals surface area contributed by atoms with Gasteiger partial charge in [-0.15, -0.1) is 0 Å². The molecule has 1 aliphatic heterocycles. The van der Waals surface area contributed by atoms with Crippen molar-refractivity contribution in [2.45, 2.75) is 25.8 Å². The van der Waals surface area contributed by atoms with Crippen molar-refractivity contribution in [3.05, 3.63) is 62.5 Å². The van der Waals surface area contributed by atoms with Gasteiger partial charge in [0, 0.05) is 24.3 Å². The Morgan fingerprint density at radius 3 is 2.94 bits per heavy atom. The zero-order valence-electron chi connectivity index (χ0n) is 16.9. The Morgan fingerprint density at radius 1 is 1.32 bits per heavy atom. The first-order valence-electron chi connectivity index (χ1n) is 10.0. The van der Waals surface area contributed by atoms with Crippen molar-refractivity contribution in [2.75, 3.05) is 24.7 Å². The molecule has 1 saturated heterocycles. The van der Waals surface area contributed by atoms with Gasteiger partial charge in [0.1, 0.15) is 17.2 Å². The molecule has 31 heavy (non-hydrogen) atoms. The summed E-state index contributed by atoms with van der Waals surface area (Å²) >= 11 is 12.7. The zero-order chi connectivity index (χ0) is 22.0. The van der Waals surface area contributed by atoms with Gasteiger partial charge in [-0.2, -0.15) is 0 Å². The van der Waals surface area contributed by atoms with Gasteiger partial charge in [0.2, 0.25) is 11.3 Å². The van der Waals surface area contributed by atoms with E-state index in [9.17, 15) is 9.59 Å². The minimum absolute atomic E-state index is 0.0437. The first-order chi connectivity index (χ1) is 15.0. The van der Waals surface area contributed by atoms with Gasteiger partial charge in [-0.05, 0) is 44.0 Å². The van der Waals surface area contributed by atoms with Gasteiger partial charge in [0.25, 0.3) is 0 Å². The number of nitrogens with one attached hydrogen (secondary N) is 1. The summed E-state index contributed by atoms with van der Waals surface area (Å²) in [5.74, 6) is -0.257. The largest absolute Gasteiger partial charge is 0.474 e. The SMILES string of the molecule is CCOC(=O)c1c[nH]c2cc(N3CCC[C@@H]3COc3ncccc3Cl)c(Cl)cc2c1=O. The van der Waals surface area contributed by atoms with Crippen molar-refractivity contribution in [2.24, 2.45) is 0 Å². The Morgan fingerprint density at radius 2 is 2.16 bits per heavy atom. The lowest BCUT2D eigenvalue weighted by Gasteiger charge is -2.28. The van der Waals surface area contributed by atoms with Crippen LogP contribution < -0.4 is 15.1 Å². The molecule has 2 aromatic heterocycles. The van der Waals surface area contributed by atoms with E-state index in [1.807, 2.05) is 6.07 Å². The van der Waals surface area contributed by atoms with Crippen LogP contribution in [0.1, 0.15) is 30.1 Å². The van der Waals surface area contributed by atoms with Crippen molar-refractivity contribution < 1.29 is 14.3 Å². The Labute approximate surface area is 188 Å². The molecule has 162 valence electrons. The highest BCUT2D eigenvalue weighted by atomic mass is 35.5. The molecule has 0 unspecified atom stereocenters. The molecule has 0 saturated carbocycles. The minimum Gasteiger partial charge on any atom is -0.474 e. The van der Waals surface area contributed by atoms with Crippen LogP contribution in [0.2, 0.25) is 10.0 Å². The molecule has 0 bridgehead atoms. The number of fused-ring (bicyclic) bond motifs is 1. The van der Waals surface area contributed by atoms with Crippen molar-refractivity contribution >= 4 is 45.8 Å². The second-order valence-electron chi connectivity index (χ2n) is 7.19. The third-order valence-electron chi connectivity index (χ3n) is 5.27. The fraction of sp³-hybridized carbons (Fsp3) is 0.318. The summed E-state index contributed by atoms with van der Waals surface area (Å²) in [6.07, 6.45) is 4.93. The van der Waals surface area contributed by atoms with Crippen molar-refractivity contribution in [1.29, 1.82) is 0 Å². The molecule has 0 amide bonds. The molecular formula is C22H21Cl2N3O4. The number of halogens is 2. The quantitative estimate of drug-likeness (QED) is 0.545. The number of anilines is 1. The van der Waals surface area contributed by atoms with Crippen molar-refractivity contribution in [3.8, 4) is 5.88 Å². The van der Waals surface area contributed by atoms with Gasteiger partial charge < -0.3 is 19.4 Å². The van der Waals surface area contributed by atoms with Crippen molar-refractivity contribution in [1.82, 2.24) is 9.97 Å². The van der Waals surface area contributed by atoms with E-state index in [0.29, 0.717) is 33.4 Å². The lowest BCUT2D eigenvalue weighted by molar-refractivity contribution is 0.0524. The van der Waals surface area contributed by atoms with Crippen LogP contribution in [0.4, 0.5) is 5.69 Å². The molecule has 3 heterocycles. The van der Waals surface area contributed by atoms with E-state index in [1.54, 1.807) is 31.3 Å². The lowest BCUT2D eigenvalue weighted by Crippen LogP contribution is -2.34. The number of rotatable bonds is 6. The summed E-state index contributed by atoms with van der Waals surface area (Å²) in [5.41, 5.74) is 0.938. The van der Waals surface area contributed by atoms with Crippen molar-refractivity contribution in [3.63, 3.8) is 0 Å². The summed E-state index contributed by atoms with van der Waals surface area (Å²) < 4.78 is 10.8. The molecule has 7 nitrogen and oxygen atoms in total. The normalized spacial score (nSPS) is 16.0. The molecule has 1 atom stereocenters. The van der Waals surface area contributed by atoms with Crippen LogP contribution in [-0.2, 0) is 4.74 Å². The summed E-state index contributed by atoms with van der Waals surface area (Å²) in [6.45, 7) is 3.09. The summed E-state index contributed by atoms with van der Waals surface area (Å²) in [7, 11) is 0. The predicted octanol–water partition coefficient (Wildman–Crippen LogP) is 4.45. The Balaban J connectivity index is 1.61. The molecular weight excluding hydrogens is 441 g/mol. The van der Waals surface area contributed by atoms with E-state index in [2.05, 4.69) is 14.9 Å². The molecule has 0 radical (unpaired) electrons. The molecule has 1 aliphatic rings. The van der Waals surface area contributed by atoms with Gasteiger partial charge in [0.05, 0.1) is 28.9 Å². The number of nitrogens with zero attached hydrogens (tertiary/aromatic N) is 2.